The first kappa shape index (κ1) is 15.4. The molecule has 1 spiro atoms. The van der Waals surface area contributed by atoms with Crippen molar-refractivity contribution in [3.8, 4) is 0 Å². The lowest BCUT2D eigenvalue weighted by molar-refractivity contribution is -0.136. The van der Waals surface area contributed by atoms with E-state index < -0.39 is 22.7 Å². The second kappa shape index (κ2) is 4.71. The molecular formula is C18H18F2N2O2. The molecule has 0 saturated heterocycles. The van der Waals surface area contributed by atoms with E-state index in [4.69, 9.17) is 5.11 Å². The quantitative estimate of drug-likeness (QED) is 0.920. The van der Waals surface area contributed by atoms with Crippen LogP contribution in [0.2, 0.25) is 0 Å². The van der Waals surface area contributed by atoms with Crippen LogP contribution in [0.25, 0.3) is 0 Å². The molecule has 3 unspecified atom stereocenters. The third kappa shape index (κ3) is 1.79. The van der Waals surface area contributed by atoms with Crippen molar-refractivity contribution in [1.29, 1.82) is 0 Å². The SMILES string of the molecule is CC12C=NN=C(c3ccc(CC(=O)O)cc3)C1C21CCCC1(F)F. The second-order valence-electron chi connectivity index (χ2n) is 7.24. The molecule has 4 rings (SSSR count). The molecular weight excluding hydrogens is 314 g/mol. The average Bonchev–Trinajstić information content (AvgIpc) is 2.92. The zero-order valence-corrected chi connectivity index (χ0v) is 13.3. The summed E-state index contributed by atoms with van der Waals surface area (Å²) in [5.74, 6) is -3.93. The summed E-state index contributed by atoms with van der Waals surface area (Å²) in [6.45, 7) is 1.86. The van der Waals surface area contributed by atoms with E-state index in [2.05, 4.69) is 10.2 Å². The molecule has 6 heteroatoms. The summed E-state index contributed by atoms with van der Waals surface area (Å²) >= 11 is 0. The molecule has 2 aliphatic carbocycles. The average molecular weight is 332 g/mol. The monoisotopic (exact) mass is 332 g/mol. The fourth-order valence-corrected chi connectivity index (χ4v) is 4.90. The van der Waals surface area contributed by atoms with E-state index in [0.717, 1.165) is 5.56 Å². The summed E-state index contributed by atoms with van der Waals surface area (Å²) in [5, 5.41) is 17.0. The normalized spacial score (nSPS) is 35.6. The van der Waals surface area contributed by atoms with E-state index in [1.54, 1.807) is 30.5 Å². The Morgan fingerprint density at radius 2 is 2.00 bits per heavy atom. The number of halogens is 2. The van der Waals surface area contributed by atoms with Gasteiger partial charge in [0.2, 0.25) is 0 Å². The molecule has 1 heterocycles. The molecule has 24 heavy (non-hydrogen) atoms. The van der Waals surface area contributed by atoms with Crippen LogP contribution in [-0.2, 0) is 11.2 Å². The van der Waals surface area contributed by atoms with E-state index in [-0.39, 0.29) is 18.8 Å². The fraction of sp³-hybridized carbons (Fsp3) is 0.500. The number of carboxylic acid groups (broad SMARTS) is 1. The van der Waals surface area contributed by atoms with E-state index in [1.165, 1.54) is 0 Å². The molecule has 0 aromatic heterocycles. The first-order chi connectivity index (χ1) is 11.3. The Labute approximate surface area is 138 Å². The van der Waals surface area contributed by atoms with Crippen molar-refractivity contribution in [2.24, 2.45) is 27.0 Å². The van der Waals surface area contributed by atoms with Gasteiger partial charge in [-0.25, -0.2) is 8.78 Å². The summed E-state index contributed by atoms with van der Waals surface area (Å²) < 4.78 is 29.3. The second-order valence-corrected chi connectivity index (χ2v) is 7.24. The largest absolute Gasteiger partial charge is 0.481 e. The summed E-state index contributed by atoms with van der Waals surface area (Å²) in [4.78, 5) is 10.8. The minimum absolute atomic E-state index is 0.0614. The summed E-state index contributed by atoms with van der Waals surface area (Å²) in [6.07, 6.45) is 2.48. The number of rotatable bonds is 3. The third-order valence-corrected chi connectivity index (χ3v) is 6.05. The van der Waals surface area contributed by atoms with E-state index in [0.29, 0.717) is 24.1 Å². The number of fused-ring (bicyclic) bond motifs is 3. The van der Waals surface area contributed by atoms with Crippen LogP contribution in [0.3, 0.4) is 0 Å². The Hall–Kier alpha value is -2.11. The number of carboxylic acids is 1. The van der Waals surface area contributed by atoms with Crippen molar-refractivity contribution < 1.29 is 18.7 Å². The van der Waals surface area contributed by atoms with Crippen LogP contribution >= 0.6 is 0 Å². The molecule has 1 N–H and O–H groups in total. The Morgan fingerprint density at radius 1 is 1.29 bits per heavy atom. The number of hydrogen-bond acceptors (Lipinski definition) is 3. The zero-order valence-electron chi connectivity index (χ0n) is 13.3. The fourth-order valence-electron chi connectivity index (χ4n) is 4.90. The highest BCUT2D eigenvalue weighted by Gasteiger charge is 2.85. The van der Waals surface area contributed by atoms with Crippen molar-refractivity contribution in [3.05, 3.63) is 35.4 Å². The zero-order chi connectivity index (χ0) is 17.2. The van der Waals surface area contributed by atoms with Gasteiger partial charge < -0.3 is 5.11 Å². The van der Waals surface area contributed by atoms with Gasteiger partial charge in [0.05, 0.1) is 17.5 Å². The molecule has 0 radical (unpaired) electrons. The van der Waals surface area contributed by atoms with Crippen LogP contribution in [-0.4, -0.2) is 28.9 Å². The molecule has 3 aliphatic rings. The number of alkyl halides is 2. The van der Waals surface area contributed by atoms with Crippen molar-refractivity contribution >= 4 is 17.9 Å². The number of benzene rings is 1. The first-order valence-electron chi connectivity index (χ1n) is 8.13. The lowest BCUT2D eigenvalue weighted by atomic mass is 9.90. The van der Waals surface area contributed by atoms with Gasteiger partial charge in [-0.3, -0.25) is 4.79 Å². The topological polar surface area (TPSA) is 62.0 Å². The molecule has 126 valence electrons. The van der Waals surface area contributed by atoms with Crippen molar-refractivity contribution in [2.75, 3.05) is 0 Å². The summed E-state index contributed by atoms with van der Waals surface area (Å²) in [5.41, 5.74) is 0.299. The predicted octanol–water partition coefficient (Wildman–Crippen LogP) is 3.54. The van der Waals surface area contributed by atoms with Crippen LogP contribution in [0.15, 0.2) is 34.5 Å². The molecule has 0 bridgehead atoms. The number of carbonyl (C=O) groups is 1. The molecule has 4 nitrogen and oxygen atoms in total. The smallest absolute Gasteiger partial charge is 0.307 e. The van der Waals surface area contributed by atoms with Crippen molar-refractivity contribution in [3.63, 3.8) is 0 Å². The maximum atomic E-state index is 14.6. The van der Waals surface area contributed by atoms with Crippen LogP contribution < -0.4 is 0 Å². The molecule has 1 aromatic rings. The minimum atomic E-state index is -2.70. The van der Waals surface area contributed by atoms with E-state index in [9.17, 15) is 13.6 Å². The molecule has 1 aromatic carbocycles. The number of hydrogen-bond donors (Lipinski definition) is 1. The van der Waals surface area contributed by atoms with Gasteiger partial charge in [-0.15, -0.1) is 0 Å². The van der Waals surface area contributed by atoms with Crippen LogP contribution in [0.4, 0.5) is 8.78 Å². The number of nitrogens with zero attached hydrogens (tertiary/aromatic N) is 2. The highest BCUT2D eigenvalue weighted by atomic mass is 19.3. The van der Waals surface area contributed by atoms with E-state index >= 15 is 0 Å². The third-order valence-electron chi connectivity index (χ3n) is 6.05. The maximum absolute atomic E-state index is 14.6. The standard InChI is InChI=1S/C18H18F2N2O2/c1-16-10-21-22-14(12-5-3-11(4-6-12)9-13(23)24)15(16)17(16)7-2-8-18(17,19)20/h3-6,10,15H,2,7-9H2,1H3,(H,23,24). The molecule has 2 fully saturated rings. The molecule has 3 atom stereocenters. The summed E-state index contributed by atoms with van der Waals surface area (Å²) in [7, 11) is 0. The van der Waals surface area contributed by atoms with Crippen molar-refractivity contribution in [1.82, 2.24) is 0 Å². The van der Waals surface area contributed by atoms with Crippen LogP contribution in [0.1, 0.15) is 37.3 Å². The van der Waals surface area contributed by atoms with Crippen molar-refractivity contribution in [2.45, 2.75) is 38.5 Å². The minimum Gasteiger partial charge on any atom is -0.481 e. The van der Waals surface area contributed by atoms with Gasteiger partial charge in [0.15, 0.2) is 0 Å². The van der Waals surface area contributed by atoms with E-state index in [1.807, 2.05) is 6.92 Å². The van der Waals surface area contributed by atoms with Gasteiger partial charge in [-0.1, -0.05) is 31.2 Å². The highest BCUT2D eigenvalue weighted by molar-refractivity contribution is 6.10. The lowest BCUT2D eigenvalue weighted by Gasteiger charge is -2.22. The van der Waals surface area contributed by atoms with Crippen LogP contribution in [0, 0.1) is 16.7 Å². The Kier molecular flexibility index (Phi) is 3.03. The Bertz CT molecular complexity index is 772. The number of aliphatic carboxylic acids is 1. The van der Waals surface area contributed by atoms with Gasteiger partial charge in [0.1, 0.15) is 0 Å². The first-order valence-corrected chi connectivity index (χ1v) is 8.13. The molecule has 1 aliphatic heterocycles. The summed E-state index contributed by atoms with van der Waals surface area (Å²) in [6, 6.07) is 6.95. The molecule has 2 saturated carbocycles. The van der Waals surface area contributed by atoms with Gasteiger partial charge >= 0.3 is 5.97 Å². The lowest BCUT2D eigenvalue weighted by Crippen LogP contribution is -2.29. The van der Waals surface area contributed by atoms with Gasteiger partial charge in [-0.2, -0.15) is 10.2 Å². The maximum Gasteiger partial charge on any atom is 0.307 e. The van der Waals surface area contributed by atoms with Gasteiger partial charge in [0.25, 0.3) is 5.92 Å². The molecule has 0 amide bonds. The highest BCUT2D eigenvalue weighted by Crippen LogP contribution is 2.80. The van der Waals surface area contributed by atoms with Gasteiger partial charge in [0, 0.05) is 24.0 Å². The predicted molar refractivity (Wildman–Crippen MR) is 85.6 cm³/mol. The van der Waals surface area contributed by atoms with Crippen LogP contribution in [0.5, 0.6) is 0 Å². The Morgan fingerprint density at radius 3 is 2.58 bits per heavy atom. The Balaban J connectivity index is 1.69. The van der Waals surface area contributed by atoms with Gasteiger partial charge in [-0.05, 0) is 24.0 Å².